The van der Waals surface area contributed by atoms with Gasteiger partial charge in [0.25, 0.3) is 0 Å². The van der Waals surface area contributed by atoms with Crippen LogP contribution in [-0.4, -0.2) is 4.98 Å². The number of rotatable bonds is 4. The van der Waals surface area contributed by atoms with Gasteiger partial charge in [0.1, 0.15) is 6.61 Å². The molecule has 0 radical (unpaired) electrons. The van der Waals surface area contributed by atoms with Crippen LogP contribution in [-0.2, 0) is 11.5 Å². The Morgan fingerprint density at radius 1 is 1.11 bits per heavy atom. The lowest BCUT2D eigenvalue weighted by molar-refractivity contribution is -0.217. The van der Waals surface area contributed by atoms with E-state index >= 15 is 0 Å². The Labute approximate surface area is 108 Å². The summed E-state index contributed by atoms with van der Waals surface area (Å²) in [6, 6.07) is 14.7. The highest BCUT2D eigenvalue weighted by molar-refractivity contribution is 5.73. The van der Waals surface area contributed by atoms with Gasteiger partial charge in [-0.1, -0.05) is 30.3 Å². The number of benzene rings is 2. The van der Waals surface area contributed by atoms with Crippen molar-refractivity contribution < 1.29 is 14.2 Å². The second-order valence-corrected chi connectivity index (χ2v) is 4.00. The van der Waals surface area contributed by atoms with Gasteiger partial charge in [0.2, 0.25) is 0 Å². The van der Waals surface area contributed by atoms with Gasteiger partial charge in [-0.15, -0.1) is 0 Å². The summed E-state index contributed by atoms with van der Waals surface area (Å²) in [6.07, 6.45) is 0. The van der Waals surface area contributed by atoms with E-state index in [4.69, 9.17) is 14.2 Å². The van der Waals surface area contributed by atoms with Crippen LogP contribution in [0.25, 0.3) is 11.1 Å². The number of hydrogen-bond acceptors (Lipinski definition) is 4. The van der Waals surface area contributed by atoms with Gasteiger partial charge in [0, 0.05) is 6.07 Å². The molecule has 19 heavy (non-hydrogen) atoms. The van der Waals surface area contributed by atoms with Crippen molar-refractivity contribution in [2.75, 3.05) is 0 Å². The van der Waals surface area contributed by atoms with Crippen LogP contribution in [0, 0.1) is 0 Å². The smallest absolute Gasteiger partial charge is 0.408 e. The minimum atomic E-state index is -0.489. The molecule has 0 atom stereocenters. The van der Waals surface area contributed by atoms with Crippen LogP contribution in [0.4, 0.5) is 0 Å². The summed E-state index contributed by atoms with van der Waals surface area (Å²) in [5, 5.41) is 0. The normalized spacial score (nSPS) is 10.7. The molecule has 0 unspecified atom stereocenters. The number of hydrogen-bond donors (Lipinski definition) is 1. The topological polar surface area (TPSA) is 64.5 Å². The monoisotopic (exact) mass is 257 g/mol. The maximum atomic E-state index is 11.0. The SMILES string of the molecule is O=c1[nH]c2cc(OOCc3ccccc3)ccc2o1. The second-order valence-electron chi connectivity index (χ2n) is 4.00. The Morgan fingerprint density at radius 2 is 1.95 bits per heavy atom. The number of fused-ring (bicyclic) bond motifs is 1. The third kappa shape index (κ3) is 2.66. The zero-order valence-electron chi connectivity index (χ0n) is 9.96. The lowest BCUT2D eigenvalue weighted by Gasteiger charge is -2.04. The molecule has 0 spiro atoms. The van der Waals surface area contributed by atoms with Gasteiger partial charge >= 0.3 is 5.76 Å². The fourth-order valence-electron chi connectivity index (χ4n) is 1.72. The van der Waals surface area contributed by atoms with Crippen molar-refractivity contribution in [3.8, 4) is 5.75 Å². The summed E-state index contributed by atoms with van der Waals surface area (Å²) in [4.78, 5) is 23.9. The summed E-state index contributed by atoms with van der Waals surface area (Å²) in [5.74, 6) is 0.0119. The molecule has 0 aliphatic rings. The highest BCUT2D eigenvalue weighted by atomic mass is 17.2. The molecule has 1 aromatic heterocycles. The first-order chi connectivity index (χ1) is 9.31. The molecule has 3 aromatic rings. The third-order valence-electron chi connectivity index (χ3n) is 2.61. The van der Waals surface area contributed by atoms with E-state index in [1.54, 1.807) is 18.2 Å². The molecule has 0 saturated carbocycles. The summed E-state index contributed by atoms with van der Waals surface area (Å²) in [5.41, 5.74) is 2.08. The van der Waals surface area contributed by atoms with Crippen molar-refractivity contribution in [1.82, 2.24) is 4.98 Å². The molecule has 0 bridgehead atoms. The average molecular weight is 257 g/mol. The number of H-pyrrole nitrogens is 1. The van der Waals surface area contributed by atoms with Crippen molar-refractivity contribution in [2.24, 2.45) is 0 Å². The molecule has 0 aliphatic carbocycles. The molecule has 96 valence electrons. The van der Waals surface area contributed by atoms with E-state index in [-0.39, 0.29) is 0 Å². The predicted molar refractivity (Wildman–Crippen MR) is 68.7 cm³/mol. The summed E-state index contributed by atoms with van der Waals surface area (Å²) < 4.78 is 4.89. The van der Waals surface area contributed by atoms with E-state index in [1.165, 1.54) is 0 Å². The lowest BCUT2D eigenvalue weighted by Crippen LogP contribution is -1.97. The zero-order valence-corrected chi connectivity index (χ0v) is 9.96. The molecule has 0 saturated heterocycles. The Morgan fingerprint density at radius 3 is 2.79 bits per heavy atom. The number of aromatic amines is 1. The van der Waals surface area contributed by atoms with Crippen LogP contribution >= 0.6 is 0 Å². The van der Waals surface area contributed by atoms with E-state index in [2.05, 4.69) is 4.98 Å². The Bertz CT molecular complexity index is 730. The van der Waals surface area contributed by atoms with Gasteiger partial charge < -0.3 is 9.30 Å². The maximum Gasteiger partial charge on any atom is 0.417 e. The Balaban J connectivity index is 1.66. The minimum Gasteiger partial charge on any atom is -0.408 e. The van der Waals surface area contributed by atoms with Crippen molar-refractivity contribution in [3.63, 3.8) is 0 Å². The number of nitrogens with one attached hydrogen (secondary N) is 1. The van der Waals surface area contributed by atoms with Crippen molar-refractivity contribution >= 4 is 11.1 Å². The van der Waals surface area contributed by atoms with Crippen molar-refractivity contribution in [2.45, 2.75) is 6.61 Å². The molecular weight excluding hydrogens is 246 g/mol. The Hall–Kier alpha value is -2.53. The van der Waals surface area contributed by atoms with Crippen LogP contribution < -0.4 is 10.6 Å². The van der Waals surface area contributed by atoms with E-state index in [1.807, 2.05) is 30.3 Å². The molecular formula is C14H11NO4. The van der Waals surface area contributed by atoms with Gasteiger partial charge in [0.15, 0.2) is 11.3 Å². The van der Waals surface area contributed by atoms with Gasteiger partial charge in [-0.25, -0.2) is 4.79 Å². The molecule has 0 amide bonds. The summed E-state index contributed by atoms with van der Waals surface area (Å²) in [6.45, 7) is 0.348. The summed E-state index contributed by atoms with van der Waals surface area (Å²) in [7, 11) is 0. The fraction of sp³-hybridized carbons (Fsp3) is 0.0714. The van der Waals surface area contributed by atoms with E-state index in [0.29, 0.717) is 23.5 Å². The van der Waals surface area contributed by atoms with Crippen LogP contribution in [0.15, 0.2) is 57.7 Å². The summed E-state index contributed by atoms with van der Waals surface area (Å²) >= 11 is 0. The molecule has 5 nitrogen and oxygen atoms in total. The molecule has 5 heteroatoms. The fourth-order valence-corrected chi connectivity index (χ4v) is 1.72. The highest BCUT2D eigenvalue weighted by Gasteiger charge is 2.03. The standard InChI is InChI=1S/C14H11NO4/c16-14-15-12-8-11(6-7-13(12)18-14)19-17-9-10-4-2-1-3-5-10/h1-8H,9H2,(H,15,16). The zero-order chi connectivity index (χ0) is 13.1. The molecule has 1 heterocycles. The van der Waals surface area contributed by atoms with Crippen molar-refractivity contribution in [3.05, 3.63) is 64.6 Å². The minimum absolute atomic E-state index is 0.348. The Kier molecular flexibility index (Phi) is 3.04. The first-order valence-corrected chi connectivity index (χ1v) is 5.77. The van der Waals surface area contributed by atoms with E-state index < -0.39 is 5.76 Å². The number of aromatic nitrogens is 1. The quantitative estimate of drug-likeness (QED) is 0.576. The van der Waals surface area contributed by atoms with Gasteiger partial charge in [-0.2, -0.15) is 4.89 Å². The molecule has 0 fully saturated rings. The van der Waals surface area contributed by atoms with Gasteiger partial charge in [-0.05, 0) is 17.7 Å². The van der Waals surface area contributed by atoms with E-state index in [0.717, 1.165) is 5.56 Å². The van der Waals surface area contributed by atoms with Crippen LogP contribution in [0.3, 0.4) is 0 Å². The third-order valence-corrected chi connectivity index (χ3v) is 2.61. The highest BCUT2D eigenvalue weighted by Crippen LogP contribution is 2.18. The molecule has 3 rings (SSSR count). The van der Waals surface area contributed by atoms with Crippen LogP contribution in [0.1, 0.15) is 5.56 Å². The van der Waals surface area contributed by atoms with Gasteiger partial charge in [-0.3, -0.25) is 4.98 Å². The van der Waals surface area contributed by atoms with Gasteiger partial charge in [0.05, 0.1) is 5.52 Å². The number of oxazole rings is 1. The van der Waals surface area contributed by atoms with Crippen molar-refractivity contribution in [1.29, 1.82) is 0 Å². The average Bonchev–Trinajstić information content (AvgIpc) is 2.79. The van der Waals surface area contributed by atoms with Crippen LogP contribution in [0.2, 0.25) is 0 Å². The maximum absolute atomic E-state index is 11.0. The van der Waals surface area contributed by atoms with Crippen LogP contribution in [0.5, 0.6) is 5.75 Å². The molecule has 1 N–H and O–H groups in total. The molecule has 0 aliphatic heterocycles. The lowest BCUT2D eigenvalue weighted by atomic mass is 10.2. The first kappa shape index (κ1) is 11.6. The predicted octanol–water partition coefficient (Wildman–Crippen LogP) is 2.63. The second kappa shape index (κ2) is 4.99. The largest absolute Gasteiger partial charge is 0.417 e. The molecule has 2 aromatic carbocycles. The first-order valence-electron chi connectivity index (χ1n) is 5.77. The van der Waals surface area contributed by atoms with E-state index in [9.17, 15) is 4.79 Å².